The lowest BCUT2D eigenvalue weighted by Crippen LogP contribution is -2.32. The van der Waals surface area contributed by atoms with Gasteiger partial charge >= 0.3 is 0 Å². The first-order valence-corrected chi connectivity index (χ1v) is 8.88. The van der Waals surface area contributed by atoms with Crippen molar-refractivity contribution in [1.29, 1.82) is 0 Å². The van der Waals surface area contributed by atoms with Gasteiger partial charge in [-0.3, -0.25) is 9.59 Å². The molecule has 0 fully saturated rings. The predicted molar refractivity (Wildman–Crippen MR) is 108 cm³/mol. The van der Waals surface area contributed by atoms with Crippen molar-refractivity contribution in [2.45, 2.75) is 33.7 Å². The van der Waals surface area contributed by atoms with Gasteiger partial charge in [0.2, 0.25) is 11.8 Å². The van der Waals surface area contributed by atoms with E-state index < -0.39 is 17.3 Å². The fourth-order valence-corrected chi connectivity index (χ4v) is 2.27. The molecule has 7 heteroatoms. The molecule has 5 nitrogen and oxygen atoms in total. The third-order valence-corrected chi connectivity index (χ3v) is 4.02. The molecule has 3 N–H and O–H groups in total. The van der Waals surface area contributed by atoms with Gasteiger partial charge in [-0.1, -0.05) is 32.4 Å². The van der Waals surface area contributed by atoms with Crippen LogP contribution in [0.15, 0.2) is 42.5 Å². The molecule has 0 aliphatic heterocycles. The van der Waals surface area contributed by atoms with E-state index in [9.17, 15) is 14.0 Å². The zero-order chi connectivity index (χ0) is 20.2. The van der Waals surface area contributed by atoms with Crippen molar-refractivity contribution in [1.82, 2.24) is 0 Å². The second kappa shape index (κ2) is 8.39. The largest absolute Gasteiger partial charge is 0.374 e. The van der Waals surface area contributed by atoms with Gasteiger partial charge in [0.1, 0.15) is 11.9 Å². The molecule has 27 heavy (non-hydrogen) atoms. The highest BCUT2D eigenvalue weighted by atomic mass is 35.5. The molecule has 1 atom stereocenters. The minimum atomic E-state index is -0.602. The number of amides is 2. The molecule has 0 aliphatic carbocycles. The highest BCUT2D eigenvalue weighted by molar-refractivity contribution is 6.30. The Morgan fingerprint density at radius 1 is 1.00 bits per heavy atom. The quantitative estimate of drug-likeness (QED) is 0.678. The van der Waals surface area contributed by atoms with Crippen molar-refractivity contribution in [3.05, 3.63) is 53.3 Å². The zero-order valence-corrected chi connectivity index (χ0v) is 16.4. The van der Waals surface area contributed by atoms with Crippen LogP contribution in [0.3, 0.4) is 0 Å². The Kier molecular flexibility index (Phi) is 6.44. The van der Waals surface area contributed by atoms with Gasteiger partial charge in [0, 0.05) is 21.8 Å². The molecular formula is C20H23ClFN3O2. The summed E-state index contributed by atoms with van der Waals surface area (Å²) in [6.45, 7) is 7.17. The maximum absolute atomic E-state index is 13.8. The number of hydrogen-bond donors (Lipinski definition) is 3. The third-order valence-electron chi connectivity index (χ3n) is 3.79. The molecule has 0 aromatic heterocycles. The Balaban J connectivity index is 1.95. The van der Waals surface area contributed by atoms with Crippen LogP contribution in [0.5, 0.6) is 0 Å². The SMILES string of the molecule is CC(Nc1ccc(NC(=O)C(C)(C)C)cc1)C(=O)Nc1ccc(Cl)cc1F. The fourth-order valence-electron chi connectivity index (χ4n) is 2.12. The van der Waals surface area contributed by atoms with Crippen molar-refractivity contribution in [3.8, 4) is 0 Å². The molecule has 2 rings (SSSR count). The van der Waals surface area contributed by atoms with E-state index in [4.69, 9.17) is 11.6 Å². The van der Waals surface area contributed by atoms with Gasteiger partial charge in [-0.05, 0) is 49.4 Å². The van der Waals surface area contributed by atoms with Crippen LogP contribution in [0.25, 0.3) is 0 Å². The molecule has 0 radical (unpaired) electrons. The summed E-state index contributed by atoms with van der Waals surface area (Å²) in [7, 11) is 0. The van der Waals surface area contributed by atoms with Crippen LogP contribution >= 0.6 is 11.6 Å². The predicted octanol–water partition coefficient (Wildman–Crippen LogP) is 4.90. The van der Waals surface area contributed by atoms with Crippen molar-refractivity contribution in [2.24, 2.45) is 5.41 Å². The maximum Gasteiger partial charge on any atom is 0.246 e. The Morgan fingerprint density at radius 2 is 1.59 bits per heavy atom. The van der Waals surface area contributed by atoms with Gasteiger partial charge in [-0.15, -0.1) is 0 Å². The maximum atomic E-state index is 13.8. The average molecular weight is 392 g/mol. The monoisotopic (exact) mass is 391 g/mol. The van der Waals surface area contributed by atoms with E-state index in [2.05, 4.69) is 16.0 Å². The summed E-state index contributed by atoms with van der Waals surface area (Å²) in [6, 6.07) is 10.5. The van der Waals surface area contributed by atoms with E-state index in [-0.39, 0.29) is 22.5 Å². The van der Waals surface area contributed by atoms with Gasteiger partial charge in [0.15, 0.2) is 0 Å². The van der Waals surface area contributed by atoms with Gasteiger partial charge in [-0.2, -0.15) is 0 Å². The minimum Gasteiger partial charge on any atom is -0.374 e. The molecule has 0 saturated carbocycles. The second-order valence-corrected chi connectivity index (χ2v) is 7.70. The van der Waals surface area contributed by atoms with E-state index in [0.717, 1.165) is 6.07 Å². The lowest BCUT2D eigenvalue weighted by atomic mass is 9.95. The molecule has 1 unspecified atom stereocenters. The molecular weight excluding hydrogens is 369 g/mol. The van der Waals surface area contributed by atoms with E-state index in [0.29, 0.717) is 11.4 Å². The van der Waals surface area contributed by atoms with Gasteiger partial charge < -0.3 is 16.0 Å². The lowest BCUT2D eigenvalue weighted by Gasteiger charge is -2.18. The Hall–Kier alpha value is -2.60. The summed E-state index contributed by atoms with van der Waals surface area (Å²) >= 11 is 5.70. The van der Waals surface area contributed by atoms with Crippen LogP contribution in [0, 0.1) is 11.2 Å². The summed E-state index contributed by atoms with van der Waals surface area (Å²) < 4.78 is 13.8. The van der Waals surface area contributed by atoms with Crippen molar-refractivity contribution < 1.29 is 14.0 Å². The molecule has 0 spiro atoms. The number of hydrogen-bond acceptors (Lipinski definition) is 3. The van der Waals surface area contributed by atoms with Crippen molar-refractivity contribution in [3.63, 3.8) is 0 Å². The number of carbonyl (C=O) groups is 2. The number of rotatable bonds is 5. The van der Waals surface area contributed by atoms with Crippen LogP contribution in [0.2, 0.25) is 5.02 Å². The number of anilines is 3. The van der Waals surface area contributed by atoms with Gasteiger partial charge in [0.25, 0.3) is 0 Å². The highest BCUT2D eigenvalue weighted by Gasteiger charge is 2.21. The third kappa shape index (κ3) is 5.96. The van der Waals surface area contributed by atoms with E-state index in [1.54, 1.807) is 31.2 Å². The Labute approximate surface area is 163 Å². The summed E-state index contributed by atoms with van der Waals surface area (Å²) in [5.74, 6) is -1.07. The standard InChI is InChI=1S/C20H23ClFN3O2/c1-12(18(26)25-17-10-5-13(21)11-16(17)22)23-14-6-8-15(9-7-14)24-19(27)20(2,3)4/h5-12,23H,1-4H3,(H,24,27)(H,25,26). The summed E-state index contributed by atoms with van der Waals surface area (Å²) in [5, 5.41) is 8.64. The Bertz CT molecular complexity index is 832. The van der Waals surface area contributed by atoms with E-state index >= 15 is 0 Å². The van der Waals surface area contributed by atoms with Crippen molar-refractivity contribution >= 4 is 40.5 Å². The van der Waals surface area contributed by atoms with E-state index in [1.807, 2.05) is 20.8 Å². The molecule has 0 saturated heterocycles. The van der Waals surface area contributed by atoms with Crippen LogP contribution in [0.4, 0.5) is 21.5 Å². The average Bonchev–Trinajstić information content (AvgIpc) is 2.58. The zero-order valence-electron chi connectivity index (χ0n) is 15.7. The van der Waals surface area contributed by atoms with Crippen LogP contribution in [0.1, 0.15) is 27.7 Å². The molecule has 0 aliphatic rings. The highest BCUT2D eigenvalue weighted by Crippen LogP contribution is 2.21. The first kappa shape index (κ1) is 20.7. The topological polar surface area (TPSA) is 70.2 Å². The first-order valence-electron chi connectivity index (χ1n) is 8.50. The minimum absolute atomic E-state index is 0.0679. The second-order valence-electron chi connectivity index (χ2n) is 7.26. The Morgan fingerprint density at radius 3 is 2.15 bits per heavy atom. The molecule has 2 amide bonds. The number of nitrogens with one attached hydrogen (secondary N) is 3. The molecule has 0 bridgehead atoms. The first-order chi connectivity index (χ1) is 12.6. The molecule has 2 aromatic rings. The number of benzene rings is 2. The summed E-state index contributed by atoms with van der Waals surface area (Å²) in [4.78, 5) is 24.2. The summed E-state index contributed by atoms with van der Waals surface area (Å²) in [6.07, 6.45) is 0. The van der Waals surface area contributed by atoms with Gasteiger partial charge in [-0.25, -0.2) is 4.39 Å². The number of carbonyl (C=O) groups excluding carboxylic acids is 2. The van der Waals surface area contributed by atoms with Crippen LogP contribution in [-0.4, -0.2) is 17.9 Å². The smallest absolute Gasteiger partial charge is 0.246 e. The van der Waals surface area contributed by atoms with Crippen LogP contribution in [-0.2, 0) is 9.59 Å². The number of halogens is 2. The lowest BCUT2D eigenvalue weighted by molar-refractivity contribution is -0.123. The molecule has 2 aromatic carbocycles. The fraction of sp³-hybridized carbons (Fsp3) is 0.300. The molecule has 144 valence electrons. The summed E-state index contributed by atoms with van der Waals surface area (Å²) in [5.41, 5.74) is 0.947. The van der Waals surface area contributed by atoms with Crippen molar-refractivity contribution in [2.75, 3.05) is 16.0 Å². The molecule has 0 heterocycles. The van der Waals surface area contributed by atoms with Crippen LogP contribution < -0.4 is 16.0 Å². The van der Waals surface area contributed by atoms with E-state index in [1.165, 1.54) is 12.1 Å². The normalized spacial score (nSPS) is 12.2. The van der Waals surface area contributed by atoms with Gasteiger partial charge in [0.05, 0.1) is 5.69 Å².